The monoisotopic (exact) mass is 1690 g/mol. The number of H-pyrrole nitrogens is 1. The Kier molecular flexibility index (Phi) is 47.9. The fourth-order valence-electron chi connectivity index (χ4n) is 12.3. The molecular formula is C80H130N22O18. The number of para-hydroxylation sites is 1. The minimum Gasteiger partial charge on any atom is -0.508 e. The molecule has 0 bridgehead atoms. The van der Waals surface area contributed by atoms with Crippen LogP contribution in [0.15, 0.2) is 59.7 Å². The maximum absolute atomic E-state index is 14.0. The van der Waals surface area contributed by atoms with Crippen molar-refractivity contribution < 1.29 is 86.9 Å². The summed E-state index contributed by atoms with van der Waals surface area (Å²) < 4.78 is 0. The number of amides is 16. The van der Waals surface area contributed by atoms with E-state index in [0.717, 1.165) is 16.5 Å². The lowest BCUT2D eigenvalue weighted by Gasteiger charge is -2.26. The average molecular weight is 1690 g/mol. The molecule has 0 aliphatic rings. The molecule has 0 fully saturated rings. The Bertz CT molecular complexity index is 3870. The van der Waals surface area contributed by atoms with Crippen LogP contribution in [0.25, 0.3) is 10.9 Å². The fraction of sp³-hybridized carbons (Fsp3) is 0.613. The highest BCUT2D eigenvalue weighted by Gasteiger charge is 2.34. The van der Waals surface area contributed by atoms with E-state index in [1.54, 1.807) is 46.0 Å². The zero-order valence-electron chi connectivity index (χ0n) is 70.3. The van der Waals surface area contributed by atoms with Crippen molar-refractivity contribution >= 4 is 111 Å². The van der Waals surface area contributed by atoms with E-state index < -0.39 is 169 Å². The summed E-state index contributed by atoms with van der Waals surface area (Å²) in [5, 5.41) is 59.5. The van der Waals surface area contributed by atoms with Gasteiger partial charge in [0.15, 0.2) is 5.96 Å². The maximum Gasteiger partial charge on any atom is 0.245 e. The van der Waals surface area contributed by atoms with E-state index in [-0.39, 0.29) is 132 Å². The van der Waals surface area contributed by atoms with Crippen LogP contribution in [0.1, 0.15) is 176 Å². The smallest absolute Gasteiger partial charge is 0.245 e. The first-order valence-corrected chi connectivity index (χ1v) is 41.0. The van der Waals surface area contributed by atoms with E-state index >= 15 is 0 Å². The van der Waals surface area contributed by atoms with Gasteiger partial charge in [-0.1, -0.05) is 71.9 Å². The standard InChI is InChI=1S/C80H130N22O18/c1-46(2)36-59(70(83)111)97-68(109)44-93-75(116)63(45-103)102-78(119)61(38-48(5)6)101-77(118)60(37-47(3)4)98-69(110)43-92-71(112)49(7)94-72(113)50(8)95-76(117)58(23-19-35-89-80(84)85)96-67(108)42-91-66(107)26-13-17-33-87-64(105)24-12-16-32-86-65(106)25-14-18-34-88-74(115)57(22-11-15-31-81)99-79(120)62(39-51-27-29-53(104)30-28-51)100-73(114)55(82)40-52-41-90-56-21-10-9-20-54(52)56/h9-10,20-21,27-30,41,46-50,55,57-63,90,103-104H,11-19,22-26,31-40,42-45,81-82H2,1-8H3,(H2,83,111)(H,86,106)(H,87,105)(H,88,115)(H,91,107)(H,92,112)(H,93,116)(H,94,113)(H,95,117)(H,96,108)(H,97,109)(H,98,110)(H,99,120)(H,100,114)(H,101,118)(H,102,119)(H4,84,85,89)/t49-,50-,55-,57-,58-,59-,60-,61-,62-,63-/m0/s1. The summed E-state index contributed by atoms with van der Waals surface area (Å²) in [6.45, 7) is 11.9. The lowest BCUT2D eigenvalue weighted by Crippen LogP contribution is -2.59. The van der Waals surface area contributed by atoms with Crippen molar-refractivity contribution in [3.8, 4) is 5.75 Å². The number of carbonyl (C=O) groups excluding carboxylic acids is 16. The highest BCUT2D eigenvalue weighted by molar-refractivity contribution is 5.99. The van der Waals surface area contributed by atoms with Crippen LogP contribution in [0.5, 0.6) is 5.75 Å². The van der Waals surface area contributed by atoms with Crippen LogP contribution in [0, 0.1) is 17.8 Å². The van der Waals surface area contributed by atoms with Crippen LogP contribution in [0.4, 0.5) is 0 Å². The third-order valence-electron chi connectivity index (χ3n) is 18.8. The molecular weight excluding hydrogens is 1560 g/mol. The summed E-state index contributed by atoms with van der Waals surface area (Å²) in [4.78, 5) is 217. The minimum atomic E-state index is -1.57. The number of hydrogen-bond donors (Lipinski definition) is 23. The molecule has 10 atom stereocenters. The predicted molar refractivity (Wildman–Crippen MR) is 448 cm³/mol. The lowest BCUT2D eigenvalue weighted by molar-refractivity contribution is -0.135. The van der Waals surface area contributed by atoms with Gasteiger partial charge in [0.2, 0.25) is 94.5 Å². The number of phenols is 1. The van der Waals surface area contributed by atoms with Gasteiger partial charge in [-0.2, -0.15) is 0 Å². The van der Waals surface area contributed by atoms with Crippen LogP contribution >= 0.6 is 0 Å². The van der Waals surface area contributed by atoms with Gasteiger partial charge in [-0.25, -0.2) is 0 Å². The highest BCUT2D eigenvalue weighted by atomic mass is 16.3. The molecule has 0 aliphatic heterocycles. The number of aromatic hydroxyl groups is 1. The predicted octanol–water partition coefficient (Wildman–Crippen LogP) is -3.60. The Morgan fingerprint density at radius 3 is 1.39 bits per heavy atom. The van der Waals surface area contributed by atoms with E-state index in [2.05, 4.69) is 89.7 Å². The Hall–Kier alpha value is -11.6. The zero-order chi connectivity index (χ0) is 89.4. The second kappa shape index (κ2) is 56.0. The molecule has 28 N–H and O–H groups in total. The Morgan fingerprint density at radius 2 is 0.842 bits per heavy atom. The lowest BCUT2D eigenvalue weighted by atomic mass is 10.00. The number of aliphatic hydroxyl groups is 1. The summed E-state index contributed by atoms with van der Waals surface area (Å²) in [5.74, 6) is -11.3. The molecule has 3 rings (SSSR count). The Morgan fingerprint density at radius 1 is 0.408 bits per heavy atom. The van der Waals surface area contributed by atoms with Crippen molar-refractivity contribution in [1.82, 2.24) is 84.7 Å². The van der Waals surface area contributed by atoms with Gasteiger partial charge < -0.3 is 124 Å². The number of nitrogens with zero attached hydrogens (tertiary/aromatic N) is 1. The number of primary amides is 1. The van der Waals surface area contributed by atoms with E-state index in [9.17, 15) is 86.9 Å². The van der Waals surface area contributed by atoms with Gasteiger partial charge in [-0.15, -0.1) is 0 Å². The van der Waals surface area contributed by atoms with Gasteiger partial charge in [0, 0.05) is 69.0 Å². The SMILES string of the molecule is CC(C)C[C@H](NC(=O)CNC(=O)[C@H](CO)NC(=O)[C@H](CC(C)C)NC(=O)[C@H](CC(C)C)NC(=O)CNC(=O)[C@H](C)NC(=O)[C@H](C)NC(=O)[C@H](CCCN=C(N)N)NC(=O)CNC(=O)CCCCNC(=O)CCCCNC(=O)CCCCNC(=O)[C@H](CCCCN)NC(=O)[C@H](Cc1ccc(O)cc1)NC(=O)[C@@H](N)Cc1c[nH]c2ccccc12)C(N)=O. The molecule has 668 valence electrons. The Balaban J connectivity index is 1.38. The van der Waals surface area contributed by atoms with Crippen molar-refractivity contribution in [3.63, 3.8) is 0 Å². The number of nitrogens with one attached hydrogen (secondary N) is 16. The number of aromatic amines is 1. The maximum atomic E-state index is 14.0. The van der Waals surface area contributed by atoms with Crippen molar-refractivity contribution in [2.45, 2.75) is 238 Å². The number of aromatic nitrogens is 1. The summed E-state index contributed by atoms with van der Waals surface area (Å²) in [5.41, 5.74) is 30.8. The number of fused-ring (bicyclic) bond motifs is 1. The average Bonchev–Trinajstić information content (AvgIpc) is 1.68. The number of phenolic OH excluding ortho intramolecular Hbond substituents is 1. The topological polar surface area (TPSA) is 652 Å². The molecule has 0 unspecified atom stereocenters. The van der Waals surface area contributed by atoms with E-state index in [0.29, 0.717) is 70.0 Å². The fourth-order valence-corrected chi connectivity index (χ4v) is 12.3. The first-order valence-electron chi connectivity index (χ1n) is 41.0. The van der Waals surface area contributed by atoms with Gasteiger partial charge in [-0.3, -0.25) is 81.7 Å². The van der Waals surface area contributed by atoms with Crippen molar-refractivity contribution in [1.29, 1.82) is 0 Å². The van der Waals surface area contributed by atoms with Crippen LogP contribution in [-0.4, -0.2) is 235 Å². The third kappa shape index (κ3) is 42.2. The summed E-state index contributed by atoms with van der Waals surface area (Å²) >= 11 is 0. The molecule has 1 aromatic heterocycles. The molecule has 0 radical (unpaired) electrons. The van der Waals surface area contributed by atoms with Crippen LogP contribution in [-0.2, 0) is 89.6 Å². The molecule has 40 heteroatoms. The van der Waals surface area contributed by atoms with Crippen molar-refractivity contribution in [3.05, 3.63) is 65.9 Å². The quantitative estimate of drug-likeness (QED) is 0.0147. The van der Waals surface area contributed by atoms with Crippen LogP contribution in [0.3, 0.4) is 0 Å². The van der Waals surface area contributed by atoms with Gasteiger partial charge in [0.1, 0.15) is 60.1 Å². The van der Waals surface area contributed by atoms with Crippen molar-refractivity contribution in [2.24, 2.45) is 51.4 Å². The van der Waals surface area contributed by atoms with E-state index in [1.807, 2.05) is 38.1 Å². The van der Waals surface area contributed by atoms with E-state index in [4.69, 9.17) is 28.7 Å². The Labute approximate surface area is 699 Å². The van der Waals surface area contributed by atoms with Crippen LogP contribution in [0.2, 0.25) is 0 Å². The zero-order valence-corrected chi connectivity index (χ0v) is 70.3. The molecule has 2 aromatic carbocycles. The number of unbranched alkanes of at least 4 members (excludes halogenated alkanes) is 4. The number of aliphatic imine (C=N–C) groups is 1. The molecule has 0 spiro atoms. The van der Waals surface area contributed by atoms with Gasteiger partial charge >= 0.3 is 0 Å². The van der Waals surface area contributed by atoms with Gasteiger partial charge in [0.05, 0.1) is 32.3 Å². The number of carbonyl (C=O) groups is 16. The van der Waals surface area contributed by atoms with Gasteiger partial charge in [0.25, 0.3) is 0 Å². The molecule has 0 saturated heterocycles. The first kappa shape index (κ1) is 103. The normalized spacial score (nSPS) is 13.6. The van der Waals surface area contributed by atoms with E-state index in [1.165, 1.54) is 26.0 Å². The second-order valence-corrected chi connectivity index (χ2v) is 30.9. The minimum absolute atomic E-state index is 0.00162. The number of benzene rings is 2. The molecule has 3 aromatic rings. The highest BCUT2D eigenvalue weighted by Crippen LogP contribution is 2.20. The largest absolute Gasteiger partial charge is 0.508 e. The molecule has 0 aliphatic carbocycles. The summed E-state index contributed by atoms with van der Waals surface area (Å²) in [7, 11) is 0. The number of nitrogens with two attached hydrogens (primary N) is 5. The molecule has 1 heterocycles. The molecule has 120 heavy (non-hydrogen) atoms. The number of hydrogen-bond acceptors (Lipinski definition) is 21. The number of rotatable bonds is 59. The number of aliphatic hydroxyl groups excluding tert-OH is 1. The molecule has 16 amide bonds. The number of guanidine groups is 1. The van der Waals surface area contributed by atoms with Crippen LogP contribution < -0.4 is 108 Å². The first-order chi connectivity index (χ1) is 56.9. The third-order valence-corrected chi connectivity index (χ3v) is 18.8. The summed E-state index contributed by atoms with van der Waals surface area (Å²) in [6, 6.07) is 1.74. The second-order valence-electron chi connectivity index (χ2n) is 30.9. The molecule has 40 nitrogen and oxygen atoms in total. The van der Waals surface area contributed by atoms with Gasteiger partial charge in [-0.05, 0) is 164 Å². The summed E-state index contributed by atoms with van der Waals surface area (Å²) in [6.07, 6.45) is 7.00. The van der Waals surface area contributed by atoms with Crippen molar-refractivity contribution in [2.75, 3.05) is 59.0 Å². The molecule has 0 saturated carbocycles.